The maximum atomic E-state index is 12.2. The zero-order chi connectivity index (χ0) is 13.1. The molecular weight excluding hydrogens is 290 g/mol. The molecule has 2 rings (SSSR count). The molecule has 1 saturated heterocycles. The van der Waals surface area contributed by atoms with Crippen LogP contribution in [0.1, 0.15) is 6.92 Å². The number of nitrogens with zero attached hydrogens (tertiary/aromatic N) is 1. The summed E-state index contributed by atoms with van der Waals surface area (Å²) in [4.78, 5) is 14.1. The van der Waals surface area contributed by atoms with Crippen molar-refractivity contribution in [1.82, 2.24) is 0 Å². The molecule has 1 aromatic rings. The first-order valence-electron chi connectivity index (χ1n) is 5.27. The van der Waals surface area contributed by atoms with E-state index in [4.69, 9.17) is 28.6 Å². The molecular formula is C12H10ClNO2S2. The largest absolute Gasteiger partial charge is 0.500 e. The summed E-state index contributed by atoms with van der Waals surface area (Å²) in [6.45, 7) is 2.37. The van der Waals surface area contributed by atoms with Crippen LogP contribution in [-0.4, -0.2) is 16.8 Å². The van der Waals surface area contributed by atoms with Crippen molar-refractivity contribution in [1.29, 1.82) is 0 Å². The predicted octanol–water partition coefficient (Wildman–Crippen LogP) is 3.58. The van der Waals surface area contributed by atoms with Gasteiger partial charge in [-0.15, -0.1) is 0 Å². The number of ether oxygens (including phenoxy) is 1. The monoisotopic (exact) mass is 299 g/mol. The van der Waals surface area contributed by atoms with Gasteiger partial charge in [0.05, 0.1) is 12.3 Å². The number of halogens is 1. The molecule has 0 bridgehead atoms. The van der Waals surface area contributed by atoms with Crippen LogP contribution in [0.25, 0.3) is 0 Å². The van der Waals surface area contributed by atoms with Gasteiger partial charge < -0.3 is 4.74 Å². The highest BCUT2D eigenvalue weighted by Gasteiger charge is 2.33. The van der Waals surface area contributed by atoms with Gasteiger partial charge in [-0.2, -0.15) is 0 Å². The standard InChI is InChI=1S/C12H10ClNO2S2/c1-2-16-7-10-11(15)14(12(17)18-10)9-5-3-4-8(13)6-9/h3-7H,2H2,1H3/b10-7+. The Bertz CT molecular complexity index is 531. The summed E-state index contributed by atoms with van der Waals surface area (Å²) in [5.41, 5.74) is 0.671. The predicted molar refractivity (Wildman–Crippen MR) is 78.8 cm³/mol. The highest BCUT2D eigenvalue weighted by Crippen LogP contribution is 2.35. The van der Waals surface area contributed by atoms with Crippen molar-refractivity contribution in [2.75, 3.05) is 11.5 Å². The average molecular weight is 300 g/mol. The first-order valence-corrected chi connectivity index (χ1v) is 6.87. The van der Waals surface area contributed by atoms with Crippen LogP contribution in [0.15, 0.2) is 35.4 Å². The Kier molecular flexibility index (Phi) is 4.27. The summed E-state index contributed by atoms with van der Waals surface area (Å²) in [6, 6.07) is 7.03. The molecule has 0 aliphatic carbocycles. The molecule has 1 aliphatic heterocycles. The van der Waals surface area contributed by atoms with Crippen LogP contribution in [0.4, 0.5) is 5.69 Å². The zero-order valence-electron chi connectivity index (χ0n) is 9.55. The van der Waals surface area contributed by atoms with Crippen molar-refractivity contribution >= 4 is 51.5 Å². The molecule has 1 heterocycles. The van der Waals surface area contributed by atoms with Gasteiger partial charge in [-0.05, 0) is 25.1 Å². The number of carbonyl (C=O) groups excluding carboxylic acids is 1. The summed E-state index contributed by atoms with van der Waals surface area (Å²) in [5, 5.41) is 0.565. The molecule has 0 aromatic heterocycles. The van der Waals surface area contributed by atoms with Gasteiger partial charge in [-0.1, -0.05) is 41.6 Å². The number of thioether (sulfide) groups is 1. The molecule has 1 amide bonds. The fourth-order valence-electron chi connectivity index (χ4n) is 1.45. The van der Waals surface area contributed by atoms with Gasteiger partial charge in [0.1, 0.15) is 11.2 Å². The van der Waals surface area contributed by atoms with Gasteiger partial charge in [0.15, 0.2) is 4.32 Å². The smallest absolute Gasteiger partial charge is 0.273 e. The van der Waals surface area contributed by atoms with Crippen molar-refractivity contribution < 1.29 is 9.53 Å². The van der Waals surface area contributed by atoms with Crippen molar-refractivity contribution in [3.8, 4) is 0 Å². The molecule has 6 heteroatoms. The van der Waals surface area contributed by atoms with E-state index in [9.17, 15) is 4.79 Å². The second-order valence-corrected chi connectivity index (χ2v) is 5.54. The van der Waals surface area contributed by atoms with Crippen molar-refractivity contribution in [2.24, 2.45) is 0 Å². The molecule has 0 atom stereocenters. The first-order chi connectivity index (χ1) is 8.63. The van der Waals surface area contributed by atoms with Gasteiger partial charge in [0, 0.05) is 5.02 Å². The average Bonchev–Trinajstić information content (AvgIpc) is 2.62. The summed E-state index contributed by atoms with van der Waals surface area (Å²) < 4.78 is 5.61. The normalized spacial score (nSPS) is 17.7. The lowest BCUT2D eigenvalue weighted by molar-refractivity contribution is -0.113. The topological polar surface area (TPSA) is 29.5 Å². The minimum Gasteiger partial charge on any atom is -0.500 e. The highest BCUT2D eigenvalue weighted by molar-refractivity contribution is 8.27. The van der Waals surface area contributed by atoms with Crippen LogP contribution < -0.4 is 4.90 Å². The molecule has 0 radical (unpaired) electrons. The van der Waals surface area contributed by atoms with Crippen LogP contribution in [0.2, 0.25) is 5.02 Å². The number of benzene rings is 1. The molecule has 18 heavy (non-hydrogen) atoms. The summed E-state index contributed by atoms with van der Waals surface area (Å²) in [6.07, 6.45) is 1.45. The van der Waals surface area contributed by atoms with E-state index in [-0.39, 0.29) is 5.91 Å². The molecule has 0 saturated carbocycles. The maximum absolute atomic E-state index is 12.2. The number of rotatable bonds is 3. The molecule has 1 aliphatic rings. The molecule has 1 aromatic carbocycles. The quantitative estimate of drug-likeness (QED) is 0.485. The number of thiocarbonyl (C=S) groups is 1. The Morgan fingerprint density at radius 2 is 2.33 bits per heavy atom. The molecule has 0 unspecified atom stereocenters. The van der Waals surface area contributed by atoms with Gasteiger partial charge in [-0.25, -0.2) is 0 Å². The van der Waals surface area contributed by atoms with Crippen LogP contribution in [-0.2, 0) is 9.53 Å². The van der Waals surface area contributed by atoms with Crippen LogP contribution >= 0.6 is 35.6 Å². The Morgan fingerprint density at radius 1 is 1.56 bits per heavy atom. The van der Waals surface area contributed by atoms with Crippen LogP contribution in [0.5, 0.6) is 0 Å². The molecule has 1 fully saturated rings. The lowest BCUT2D eigenvalue weighted by Gasteiger charge is -2.14. The van der Waals surface area contributed by atoms with Crippen molar-refractivity contribution in [3.63, 3.8) is 0 Å². The Hall–Kier alpha value is -1.04. The van der Waals surface area contributed by atoms with Crippen molar-refractivity contribution in [3.05, 3.63) is 40.5 Å². The molecule has 3 nitrogen and oxygen atoms in total. The summed E-state index contributed by atoms with van der Waals surface area (Å²) in [7, 11) is 0. The molecule has 94 valence electrons. The number of amides is 1. The number of hydrogen-bond donors (Lipinski definition) is 0. The van der Waals surface area contributed by atoms with E-state index < -0.39 is 0 Å². The Morgan fingerprint density at radius 3 is 3.00 bits per heavy atom. The van der Waals surface area contributed by atoms with E-state index in [0.717, 1.165) is 0 Å². The maximum Gasteiger partial charge on any atom is 0.273 e. The van der Waals surface area contributed by atoms with E-state index in [1.54, 1.807) is 24.3 Å². The molecule has 0 spiro atoms. The fraction of sp³-hybridized carbons (Fsp3) is 0.167. The second kappa shape index (κ2) is 5.73. The van der Waals surface area contributed by atoms with E-state index in [0.29, 0.717) is 26.5 Å². The van der Waals surface area contributed by atoms with Gasteiger partial charge in [0.2, 0.25) is 0 Å². The zero-order valence-corrected chi connectivity index (χ0v) is 11.9. The first kappa shape index (κ1) is 13.4. The third kappa shape index (κ3) is 2.68. The van der Waals surface area contributed by atoms with E-state index in [1.807, 2.05) is 6.92 Å². The van der Waals surface area contributed by atoms with Gasteiger partial charge in [-0.3, -0.25) is 9.69 Å². The minimum absolute atomic E-state index is 0.180. The second-order valence-electron chi connectivity index (χ2n) is 3.43. The van der Waals surface area contributed by atoms with Crippen LogP contribution in [0, 0.1) is 0 Å². The number of carbonyl (C=O) groups is 1. The number of hydrogen-bond acceptors (Lipinski definition) is 4. The molecule has 0 N–H and O–H groups in total. The Labute approximate surface area is 120 Å². The third-order valence-electron chi connectivity index (χ3n) is 2.22. The van der Waals surface area contributed by atoms with Gasteiger partial charge in [0.25, 0.3) is 5.91 Å². The fourth-order valence-corrected chi connectivity index (χ4v) is 2.85. The van der Waals surface area contributed by atoms with E-state index in [2.05, 4.69) is 0 Å². The number of anilines is 1. The lowest BCUT2D eigenvalue weighted by atomic mass is 10.3. The minimum atomic E-state index is -0.180. The SMILES string of the molecule is CCO/C=C1/SC(=S)N(c2cccc(Cl)c2)C1=O. The van der Waals surface area contributed by atoms with Gasteiger partial charge >= 0.3 is 0 Å². The summed E-state index contributed by atoms with van der Waals surface area (Å²) in [5.74, 6) is -0.180. The highest BCUT2D eigenvalue weighted by atomic mass is 35.5. The van der Waals surface area contributed by atoms with Crippen molar-refractivity contribution in [2.45, 2.75) is 6.92 Å². The van der Waals surface area contributed by atoms with E-state index in [1.165, 1.54) is 22.9 Å². The summed E-state index contributed by atoms with van der Waals surface area (Å²) >= 11 is 12.3. The third-order valence-corrected chi connectivity index (χ3v) is 3.73. The van der Waals surface area contributed by atoms with E-state index >= 15 is 0 Å². The lowest BCUT2D eigenvalue weighted by Crippen LogP contribution is -2.27. The Balaban J connectivity index is 2.30. The van der Waals surface area contributed by atoms with Crippen LogP contribution in [0.3, 0.4) is 0 Å².